The van der Waals surface area contributed by atoms with E-state index in [2.05, 4.69) is 10.5 Å². The summed E-state index contributed by atoms with van der Waals surface area (Å²) in [6.45, 7) is 0. The Morgan fingerprint density at radius 1 is 1.14 bits per heavy atom. The normalized spacial score (nSPS) is 11.0. The third kappa shape index (κ3) is 3.09. The Balaban J connectivity index is 1.71. The molecule has 5 heteroatoms. The molecule has 104 valence electrons. The zero-order valence-corrected chi connectivity index (χ0v) is 11.8. The molecule has 1 amide bonds. The van der Waals surface area contributed by atoms with Crippen molar-refractivity contribution in [2.75, 3.05) is 0 Å². The van der Waals surface area contributed by atoms with Gasteiger partial charge in [-0.1, -0.05) is 30.3 Å². The second-order valence-corrected chi connectivity index (χ2v) is 5.53. The van der Waals surface area contributed by atoms with Gasteiger partial charge in [0.2, 0.25) is 0 Å². The van der Waals surface area contributed by atoms with Crippen molar-refractivity contribution < 1.29 is 9.90 Å². The summed E-state index contributed by atoms with van der Waals surface area (Å²) in [6.07, 6.45) is 1.49. The van der Waals surface area contributed by atoms with Gasteiger partial charge in [-0.15, -0.1) is 11.3 Å². The van der Waals surface area contributed by atoms with Crippen LogP contribution in [-0.4, -0.2) is 17.2 Å². The smallest absolute Gasteiger partial charge is 0.281 e. The van der Waals surface area contributed by atoms with Gasteiger partial charge in [-0.3, -0.25) is 4.79 Å². The summed E-state index contributed by atoms with van der Waals surface area (Å²) in [4.78, 5) is 12.6. The second-order valence-electron chi connectivity index (χ2n) is 4.44. The lowest BCUT2D eigenvalue weighted by Gasteiger charge is -1.96. The zero-order chi connectivity index (χ0) is 14.7. The molecule has 0 aliphatic carbocycles. The third-order valence-corrected chi connectivity index (χ3v) is 4.01. The van der Waals surface area contributed by atoms with Crippen LogP contribution in [0, 0.1) is 0 Å². The van der Waals surface area contributed by atoms with Crippen LogP contribution in [0.15, 0.2) is 59.7 Å². The standard InChI is InChI=1S/C16H12N2O2S/c19-13-6-3-4-11(8-13)10-17-18-16(20)15-9-12-5-1-2-7-14(12)21-15/h1-10,19H,(H,18,20)/b17-10+. The minimum Gasteiger partial charge on any atom is -0.508 e. The van der Waals surface area contributed by atoms with Crippen LogP contribution in [0.2, 0.25) is 0 Å². The number of aromatic hydroxyl groups is 1. The highest BCUT2D eigenvalue weighted by Crippen LogP contribution is 2.24. The Hall–Kier alpha value is -2.66. The predicted octanol–water partition coefficient (Wildman–Crippen LogP) is 3.37. The maximum absolute atomic E-state index is 12.0. The average Bonchev–Trinajstić information content (AvgIpc) is 2.91. The van der Waals surface area contributed by atoms with E-state index in [1.54, 1.807) is 24.3 Å². The first-order valence-corrected chi connectivity index (χ1v) is 7.15. The number of fused-ring (bicyclic) bond motifs is 1. The molecule has 0 saturated carbocycles. The molecule has 21 heavy (non-hydrogen) atoms. The maximum atomic E-state index is 12.0. The van der Waals surface area contributed by atoms with Crippen LogP contribution >= 0.6 is 11.3 Å². The van der Waals surface area contributed by atoms with E-state index in [1.165, 1.54) is 17.6 Å². The fraction of sp³-hybridized carbons (Fsp3) is 0. The third-order valence-electron chi connectivity index (χ3n) is 2.90. The molecule has 0 aliphatic rings. The van der Waals surface area contributed by atoms with Crippen molar-refractivity contribution >= 4 is 33.5 Å². The van der Waals surface area contributed by atoms with Crippen LogP contribution in [-0.2, 0) is 0 Å². The van der Waals surface area contributed by atoms with Crippen LogP contribution in [0.1, 0.15) is 15.2 Å². The van der Waals surface area contributed by atoms with Crippen molar-refractivity contribution in [3.63, 3.8) is 0 Å². The van der Waals surface area contributed by atoms with Gasteiger partial charge >= 0.3 is 0 Å². The molecule has 0 aliphatic heterocycles. The van der Waals surface area contributed by atoms with E-state index < -0.39 is 0 Å². The zero-order valence-electron chi connectivity index (χ0n) is 11.0. The molecule has 3 aromatic rings. The summed E-state index contributed by atoms with van der Waals surface area (Å²) >= 11 is 1.43. The van der Waals surface area contributed by atoms with Gasteiger partial charge in [-0.25, -0.2) is 5.43 Å². The number of phenols is 1. The van der Waals surface area contributed by atoms with Gasteiger partial charge in [0.25, 0.3) is 5.91 Å². The van der Waals surface area contributed by atoms with Crippen LogP contribution in [0.25, 0.3) is 10.1 Å². The predicted molar refractivity (Wildman–Crippen MR) is 85.0 cm³/mol. The molecule has 0 bridgehead atoms. The van der Waals surface area contributed by atoms with E-state index in [0.717, 1.165) is 10.1 Å². The largest absolute Gasteiger partial charge is 0.508 e. The van der Waals surface area contributed by atoms with Crippen LogP contribution in [0.4, 0.5) is 0 Å². The molecule has 0 radical (unpaired) electrons. The number of benzene rings is 2. The number of nitrogens with zero attached hydrogens (tertiary/aromatic N) is 1. The highest BCUT2D eigenvalue weighted by atomic mass is 32.1. The van der Waals surface area contributed by atoms with E-state index >= 15 is 0 Å². The molecule has 3 rings (SSSR count). The van der Waals surface area contributed by atoms with Crippen molar-refractivity contribution in [1.29, 1.82) is 0 Å². The minimum absolute atomic E-state index is 0.162. The van der Waals surface area contributed by atoms with Crippen molar-refractivity contribution in [1.82, 2.24) is 5.43 Å². The number of hydrogen-bond donors (Lipinski definition) is 2. The molecular formula is C16H12N2O2S. The Kier molecular flexibility index (Phi) is 3.66. The Morgan fingerprint density at radius 3 is 2.81 bits per heavy atom. The van der Waals surface area contributed by atoms with Gasteiger partial charge in [-0.05, 0) is 35.2 Å². The van der Waals surface area contributed by atoms with Crippen LogP contribution < -0.4 is 5.43 Å². The van der Waals surface area contributed by atoms with Crippen molar-refractivity contribution in [3.8, 4) is 5.75 Å². The van der Waals surface area contributed by atoms with E-state index in [1.807, 2.05) is 30.3 Å². The quantitative estimate of drug-likeness (QED) is 0.575. The van der Waals surface area contributed by atoms with Gasteiger partial charge in [0.05, 0.1) is 11.1 Å². The Labute approximate surface area is 125 Å². The first-order valence-electron chi connectivity index (χ1n) is 6.33. The maximum Gasteiger partial charge on any atom is 0.281 e. The fourth-order valence-corrected chi connectivity index (χ4v) is 2.87. The number of hydrazone groups is 1. The number of rotatable bonds is 3. The first-order chi connectivity index (χ1) is 10.2. The van der Waals surface area contributed by atoms with E-state index in [0.29, 0.717) is 10.4 Å². The molecule has 4 nitrogen and oxygen atoms in total. The van der Waals surface area contributed by atoms with E-state index in [4.69, 9.17) is 0 Å². The lowest BCUT2D eigenvalue weighted by Crippen LogP contribution is -2.16. The number of hydrogen-bond acceptors (Lipinski definition) is 4. The lowest BCUT2D eigenvalue weighted by molar-refractivity contribution is 0.0959. The molecule has 0 atom stereocenters. The topological polar surface area (TPSA) is 61.7 Å². The van der Waals surface area contributed by atoms with Crippen molar-refractivity contribution in [2.24, 2.45) is 5.10 Å². The average molecular weight is 296 g/mol. The summed E-state index contributed by atoms with van der Waals surface area (Å²) in [6, 6.07) is 16.3. The van der Waals surface area contributed by atoms with Gasteiger partial charge in [0.15, 0.2) is 0 Å². The van der Waals surface area contributed by atoms with E-state index in [9.17, 15) is 9.90 Å². The molecule has 0 fully saturated rings. The highest BCUT2D eigenvalue weighted by Gasteiger charge is 2.08. The monoisotopic (exact) mass is 296 g/mol. The summed E-state index contributed by atoms with van der Waals surface area (Å²) in [7, 11) is 0. The lowest BCUT2D eigenvalue weighted by atomic mass is 10.2. The molecule has 0 spiro atoms. The second kappa shape index (κ2) is 5.76. The number of phenolic OH excluding ortho intramolecular Hbond substituents is 1. The molecular weight excluding hydrogens is 284 g/mol. The molecule has 0 unspecified atom stereocenters. The van der Waals surface area contributed by atoms with Crippen LogP contribution in [0.5, 0.6) is 5.75 Å². The molecule has 2 aromatic carbocycles. The molecule has 1 aromatic heterocycles. The highest BCUT2D eigenvalue weighted by molar-refractivity contribution is 7.20. The van der Waals surface area contributed by atoms with Crippen LogP contribution in [0.3, 0.4) is 0 Å². The van der Waals surface area contributed by atoms with E-state index in [-0.39, 0.29) is 11.7 Å². The van der Waals surface area contributed by atoms with Gasteiger partial charge in [0, 0.05) is 4.70 Å². The summed E-state index contributed by atoms with van der Waals surface area (Å²) in [5, 5.41) is 14.3. The summed E-state index contributed by atoms with van der Waals surface area (Å²) < 4.78 is 1.07. The van der Waals surface area contributed by atoms with Gasteiger partial charge in [-0.2, -0.15) is 5.10 Å². The van der Waals surface area contributed by atoms with Crippen molar-refractivity contribution in [3.05, 3.63) is 65.0 Å². The number of thiophene rings is 1. The Morgan fingerprint density at radius 2 is 2.00 bits per heavy atom. The number of carbonyl (C=O) groups excluding carboxylic acids is 1. The summed E-state index contributed by atoms with van der Waals surface area (Å²) in [5.74, 6) is -0.0811. The number of nitrogens with one attached hydrogen (secondary N) is 1. The number of carbonyl (C=O) groups is 1. The molecule has 2 N–H and O–H groups in total. The molecule has 0 saturated heterocycles. The first kappa shape index (κ1) is 13.3. The fourth-order valence-electron chi connectivity index (χ4n) is 1.92. The SMILES string of the molecule is O=C(N/N=C/c1cccc(O)c1)c1cc2ccccc2s1. The minimum atomic E-state index is -0.243. The molecule has 1 heterocycles. The van der Waals surface area contributed by atoms with Gasteiger partial charge in [0.1, 0.15) is 5.75 Å². The number of amides is 1. The van der Waals surface area contributed by atoms with Crippen molar-refractivity contribution in [2.45, 2.75) is 0 Å². The summed E-state index contributed by atoms with van der Waals surface area (Å²) in [5.41, 5.74) is 3.20. The Bertz CT molecular complexity index is 791. The van der Waals surface area contributed by atoms with Gasteiger partial charge < -0.3 is 5.11 Å².